The van der Waals surface area contributed by atoms with Gasteiger partial charge in [-0.2, -0.15) is 0 Å². The summed E-state index contributed by atoms with van der Waals surface area (Å²) in [4.78, 5) is 0. The molecular weight excluding hydrogens is 196 g/mol. The van der Waals surface area contributed by atoms with Crippen LogP contribution < -0.4 is 5.32 Å². The fourth-order valence-corrected chi connectivity index (χ4v) is 2.26. The van der Waals surface area contributed by atoms with Crippen LogP contribution in [-0.2, 0) is 0 Å². The van der Waals surface area contributed by atoms with Crippen LogP contribution in [-0.4, -0.2) is 18.5 Å². The highest BCUT2D eigenvalue weighted by Crippen LogP contribution is 2.33. The van der Waals surface area contributed by atoms with Crippen LogP contribution in [0, 0.1) is 11.3 Å². The van der Waals surface area contributed by atoms with Gasteiger partial charge in [-0.25, -0.2) is 8.78 Å². The van der Waals surface area contributed by atoms with Gasteiger partial charge in [-0.05, 0) is 37.6 Å². The van der Waals surface area contributed by atoms with E-state index in [0.29, 0.717) is 5.92 Å². The van der Waals surface area contributed by atoms with Crippen molar-refractivity contribution in [2.24, 2.45) is 11.3 Å². The molecule has 0 aromatic rings. The van der Waals surface area contributed by atoms with Crippen LogP contribution in [0.3, 0.4) is 0 Å². The van der Waals surface area contributed by atoms with Gasteiger partial charge in [-0.1, -0.05) is 20.8 Å². The first-order valence-electron chi connectivity index (χ1n) is 5.80. The van der Waals surface area contributed by atoms with E-state index in [4.69, 9.17) is 0 Å². The van der Waals surface area contributed by atoms with Gasteiger partial charge in [0.05, 0.1) is 0 Å². The number of alkyl halides is 2. The second kappa shape index (κ2) is 4.36. The largest absolute Gasteiger partial charge is 0.313 e. The number of halogens is 2. The Morgan fingerprint density at radius 1 is 1.13 bits per heavy atom. The topological polar surface area (TPSA) is 12.0 Å². The van der Waals surface area contributed by atoms with Crippen molar-refractivity contribution in [3.63, 3.8) is 0 Å². The van der Waals surface area contributed by atoms with Crippen LogP contribution in [0.1, 0.15) is 47.0 Å². The Kier molecular flexibility index (Phi) is 3.75. The minimum atomic E-state index is -2.54. The summed E-state index contributed by atoms with van der Waals surface area (Å²) in [6, 6.07) is 0.00333. The Morgan fingerprint density at radius 2 is 1.73 bits per heavy atom. The van der Waals surface area contributed by atoms with E-state index >= 15 is 0 Å². The Morgan fingerprint density at radius 3 is 2.07 bits per heavy atom. The molecule has 1 fully saturated rings. The molecule has 1 rings (SSSR count). The summed E-state index contributed by atoms with van der Waals surface area (Å²) >= 11 is 0. The summed E-state index contributed by atoms with van der Waals surface area (Å²) in [6.45, 7) is 8.53. The maximum atomic E-state index is 12.8. The molecule has 0 spiro atoms. The number of hydrogen-bond acceptors (Lipinski definition) is 1. The van der Waals surface area contributed by atoms with Crippen molar-refractivity contribution < 1.29 is 8.78 Å². The van der Waals surface area contributed by atoms with Gasteiger partial charge in [-0.3, -0.25) is 0 Å². The van der Waals surface area contributed by atoms with Crippen LogP contribution in [0.25, 0.3) is 0 Å². The van der Waals surface area contributed by atoms with Gasteiger partial charge in [0.25, 0.3) is 0 Å². The van der Waals surface area contributed by atoms with Gasteiger partial charge in [0.2, 0.25) is 5.92 Å². The average Bonchev–Trinajstić information content (AvgIpc) is 2.00. The Bertz CT molecular complexity index is 195. The summed E-state index contributed by atoms with van der Waals surface area (Å²) in [6.07, 6.45) is 1.92. The molecule has 0 radical (unpaired) electrons. The maximum Gasteiger partial charge on any atom is 0.246 e. The second-order valence-electron chi connectivity index (χ2n) is 6.02. The fourth-order valence-electron chi connectivity index (χ4n) is 2.26. The zero-order valence-electron chi connectivity index (χ0n) is 10.2. The molecule has 90 valence electrons. The lowest BCUT2D eigenvalue weighted by Gasteiger charge is -2.38. The van der Waals surface area contributed by atoms with Crippen LogP contribution in [0.2, 0.25) is 0 Å². The molecule has 0 aromatic carbocycles. The monoisotopic (exact) mass is 219 g/mol. The van der Waals surface area contributed by atoms with Crippen LogP contribution in [0.4, 0.5) is 8.78 Å². The predicted octanol–water partition coefficient (Wildman–Crippen LogP) is 3.45. The van der Waals surface area contributed by atoms with Gasteiger partial charge in [-0.15, -0.1) is 0 Å². The number of nitrogens with one attached hydrogen (secondary N) is 1. The van der Waals surface area contributed by atoms with Gasteiger partial charge in [0.1, 0.15) is 0 Å². The van der Waals surface area contributed by atoms with E-state index in [1.165, 1.54) is 0 Å². The van der Waals surface area contributed by atoms with E-state index in [0.717, 1.165) is 26.3 Å². The molecule has 1 aliphatic rings. The molecule has 15 heavy (non-hydrogen) atoms. The molecule has 2 atom stereocenters. The van der Waals surface area contributed by atoms with E-state index in [-0.39, 0.29) is 17.9 Å². The van der Waals surface area contributed by atoms with Crippen LogP contribution >= 0.6 is 0 Å². The first kappa shape index (κ1) is 12.9. The number of rotatable bonds is 2. The van der Waals surface area contributed by atoms with E-state index in [1.54, 1.807) is 0 Å². The molecule has 2 unspecified atom stereocenters. The van der Waals surface area contributed by atoms with E-state index in [2.05, 4.69) is 26.1 Å². The summed E-state index contributed by atoms with van der Waals surface area (Å²) in [5, 5.41) is 3.25. The molecule has 1 nitrogen and oxygen atoms in total. The molecule has 1 N–H and O–H groups in total. The third-order valence-corrected chi connectivity index (χ3v) is 3.35. The normalized spacial score (nSPS) is 29.2. The van der Waals surface area contributed by atoms with Gasteiger partial charge >= 0.3 is 0 Å². The minimum Gasteiger partial charge on any atom is -0.313 e. The quantitative estimate of drug-likeness (QED) is 0.750. The third kappa shape index (κ3) is 4.45. The molecule has 1 heterocycles. The summed E-state index contributed by atoms with van der Waals surface area (Å²) in [5.41, 5.74) is 0.284. The van der Waals surface area contributed by atoms with Gasteiger partial charge in [0.15, 0.2) is 0 Å². The fraction of sp³-hybridized carbons (Fsp3) is 1.00. The Labute approximate surface area is 91.6 Å². The van der Waals surface area contributed by atoms with Crippen molar-refractivity contribution in [3.05, 3.63) is 0 Å². The van der Waals surface area contributed by atoms with Gasteiger partial charge < -0.3 is 5.32 Å². The predicted molar refractivity (Wildman–Crippen MR) is 59.2 cm³/mol. The second-order valence-corrected chi connectivity index (χ2v) is 6.02. The van der Waals surface area contributed by atoms with Gasteiger partial charge in [0, 0.05) is 12.5 Å². The molecule has 0 bridgehead atoms. The van der Waals surface area contributed by atoms with Crippen molar-refractivity contribution >= 4 is 0 Å². The SMILES string of the molecule is CC(F)(F)CC1CCC(C(C)(C)C)CN1. The van der Waals surface area contributed by atoms with Crippen molar-refractivity contribution in [1.82, 2.24) is 5.32 Å². The van der Waals surface area contributed by atoms with Crippen molar-refractivity contribution in [2.75, 3.05) is 6.54 Å². The lowest BCUT2D eigenvalue weighted by molar-refractivity contribution is -0.00393. The maximum absolute atomic E-state index is 12.8. The third-order valence-electron chi connectivity index (χ3n) is 3.35. The zero-order valence-corrected chi connectivity index (χ0v) is 10.2. The Hall–Kier alpha value is -0.180. The zero-order chi connectivity index (χ0) is 11.7. The first-order valence-corrected chi connectivity index (χ1v) is 5.80. The van der Waals surface area contributed by atoms with E-state index in [9.17, 15) is 8.78 Å². The molecule has 1 aliphatic heterocycles. The molecule has 1 saturated heterocycles. The molecule has 3 heteroatoms. The van der Waals surface area contributed by atoms with E-state index in [1.807, 2.05) is 0 Å². The highest BCUT2D eigenvalue weighted by Gasteiger charge is 2.33. The molecular formula is C12H23F2N. The smallest absolute Gasteiger partial charge is 0.246 e. The molecule has 0 aromatic heterocycles. The Balaban J connectivity index is 2.37. The van der Waals surface area contributed by atoms with E-state index < -0.39 is 5.92 Å². The summed E-state index contributed by atoms with van der Waals surface area (Å²) in [5.74, 6) is -1.93. The highest BCUT2D eigenvalue weighted by molar-refractivity contribution is 4.85. The lowest BCUT2D eigenvalue weighted by Crippen LogP contribution is -2.45. The number of hydrogen-bond donors (Lipinski definition) is 1. The van der Waals surface area contributed by atoms with Crippen molar-refractivity contribution in [2.45, 2.75) is 58.9 Å². The molecule has 0 saturated carbocycles. The minimum absolute atomic E-state index is 0.00333. The number of piperidine rings is 1. The highest BCUT2D eigenvalue weighted by atomic mass is 19.3. The standard InChI is InChI=1S/C12H23F2N/c1-11(2,3)9-5-6-10(15-8-9)7-12(4,13)14/h9-10,15H,5-8H2,1-4H3. The van der Waals surface area contributed by atoms with Crippen LogP contribution in [0.5, 0.6) is 0 Å². The average molecular weight is 219 g/mol. The molecule has 0 amide bonds. The van der Waals surface area contributed by atoms with Crippen LogP contribution in [0.15, 0.2) is 0 Å². The summed E-state index contributed by atoms with van der Waals surface area (Å²) < 4.78 is 25.6. The molecule has 0 aliphatic carbocycles. The lowest BCUT2D eigenvalue weighted by atomic mass is 9.75. The van der Waals surface area contributed by atoms with Crippen molar-refractivity contribution in [1.29, 1.82) is 0 Å². The first-order chi connectivity index (χ1) is 6.68. The van der Waals surface area contributed by atoms with Crippen molar-refractivity contribution in [3.8, 4) is 0 Å². The summed E-state index contributed by atoms with van der Waals surface area (Å²) in [7, 11) is 0.